The molecular weight excluding hydrogens is 364 g/mol. The molecule has 0 radical (unpaired) electrons. The van der Waals surface area contributed by atoms with E-state index in [1.807, 2.05) is 20.8 Å². The van der Waals surface area contributed by atoms with Crippen molar-refractivity contribution in [1.82, 2.24) is 0 Å². The fourth-order valence-electron chi connectivity index (χ4n) is 5.07. The molecule has 2 heterocycles. The summed E-state index contributed by atoms with van der Waals surface area (Å²) >= 11 is 0. The summed E-state index contributed by atoms with van der Waals surface area (Å²) < 4.78 is 18.0. The number of fused-ring (bicyclic) bond motifs is 1. The molecule has 4 unspecified atom stereocenters. The highest BCUT2D eigenvalue weighted by atomic mass is 16.7. The molecular formula is C25H36O4. The van der Waals surface area contributed by atoms with Crippen LogP contribution in [0.5, 0.6) is 0 Å². The third kappa shape index (κ3) is 4.59. The lowest BCUT2D eigenvalue weighted by Gasteiger charge is -2.53. The van der Waals surface area contributed by atoms with Gasteiger partial charge < -0.3 is 14.2 Å². The molecule has 0 amide bonds. The highest BCUT2D eigenvalue weighted by Crippen LogP contribution is 2.60. The van der Waals surface area contributed by atoms with Crippen molar-refractivity contribution in [3.8, 4) is 0 Å². The molecule has 2 fully saturated rings. The van der Waals surface area contributed by atoms with Gasteiger partial charge in [0.05, 0.1) is 12.9 Å². The maximum absolute atomic E-state index is 12.0. The van der Waals surface area contributed by atoms with E-state index in [1.165, 1.54) is 17.2 Å². The summed E-state index contributed by atoms with van der Waals surface area (Å²) in [6.45, 7) is 13.1. The average Bonchev–Trinajstić information content (AvgIpc) is 2.88. The van der Waals surface area contributed by atoms with Crippen molar-refractivity contribution in [2.75, 3.05) is 6.61 Å². The van der Waals surface area contributed by atoms with Crippen LogP contribution in [-0.2, 0) is 19.0 Å². The van der Waals surface area contributed by atoms with Crippen LogP contribution in [0.4, 0.5) is 0 Å². The standard InChI is InChI=1S/C25H36O4/c1-18(2)8-7-11-23(5)12-9-20-17-28-24(6)13-14-25(20,29-24)21(23)10-15-27-22(26)16-19(3)4/h8-10,15-16,21H,7,11-14,17H2,1-6H3. The molecule has 0 N–H and O–H groups in total. The van der Waals surface area contributed by atoms with Crippen LogP contribution >= 0.6 is 0 Å². The lowest BCUT2D eigenvalue weighted by molar-refractivity contribution is -0.273. The number of esters is 1. The van der Waals surface area contributed by atoms with Crippen molar-refractivity contribution in [1.29, 1.82) is 0 Å². The van der Waals surface area contributed by atoms with Crippen LogP contribution in [0.1, 0.15) is 73.6 Å². The number of carbonyl (C=O) groups excluding carboxylic acids is 1. The molecule has 2 saturated heterocycles. The molecule has 3 aliphatic rings. The van der Waals surface area contributed by atoms with Gasteiger partial charge in [-0.1, -0.05) is 30.2 Å². The van der Waals surface area contributed by atoms with E-state index in [0.29, 0.717) is 6.61 Å². The van der Waals surface area contributed by atoms with Crippen LogP contribution in [0.2, 0.25) is 0 Å². The summed E-state index contributed by atoms with van der Waals surface area (Å²) in [4.78, 5) is 12.0. The summed E-state index contributed by atoms with van der Waals surface area (Å²) in [5.41, 5.74) is 3.19. The molecule has 0 aromatic carbocycles. The monoisotopic (exact) mass is 400 g/mol. The topological polar surface area (TPSA) is 44.8 Å². The molecule has 0 aromatic rings. The van der Waals surface area contributed by atoms with Crippen LogP contribution in [0, 0.1) is 11.3 Å². The molecule has 0 aromatic heterocycles. The molecule has 2 aliphatic heterocycles. The van der Waals surface area contributed by atoms with Crippen molar-refractivity contribution >= 4 is 5.97 Å². The molecule has 29 heavy (non-hydrogen) atoms. The molecule has 1 spiro atoms. The van der Waals surface area contributed by atoms with Crippen molar-refractivity contribution < 1.29 is 19.0 Å². The lowest BCUT2D eigenvalue weighted by Crippen LogP contribution is -2.55. The largest absolute Gasteiger partial charge is 0.432 e. The number of ether oxygens (including phenoxy) is 3. The predicted octanol–water partition coefficient (Wildman–Crippen LogP) is 6.00. The van der Waals surface area contributed by atoms with Crippen LogP contribution in [0.15, 0.2) is 47.3 Å². The third-order valence-electron chi connectivity index (χ3n) is 6.62. The molecule has 4 nitrogen and oxygen atoms in total. The van der Waals surface area contributed by atoms with Gasteiger partial charge in [-0.25, -0.2) is 4.79 Å². The van der Waals surface area contributed by atoms with E-state index in [-0.39, 0.29) is 22.9 Å². The van der Waals surface area contributed by atoms with Crippen molar-refractivity contribution in [3.63, 3.8) is 0 Å². The summed E-state index contributed by atoms with van der Waals surface area (Å²) in [6, 6.07) is 0. The number of hydrogen-bond acceptors (Lipinski definition) is 4. The van der Waals surface area contributed by atoms with Gasteiger partial charge in [0.15, 0.2) is 5.79 Å². The fourth-order valence-corrected chi connectivity index (χ4v) is 5.07. The maximum atomic E-state index is 12.0. The second-order valence-electron chi connectivity index (χ2n) is 9.79. The summed E-state index contributed by atoms with van der Waals surface area (Å²) in [5.74, 6) is -0.716. The van der Waals surface area contributed by atoms with Crippen molar-refractivity contribution in [2.45, 2.75) is 85.0 Å². The number of allylic oxidation sites excluding steroid dienone is 4. The zero-order chi connectivity index (χ0) is 21.3. The average molecular weight is 401 g/mol. The van der Waals surface area contributed by atoms with Crippen LogP contribution in [0.25, 0.3) is 0 Å². The molecule has 2 bridgehead atoms. The second-order valence-corrected chi connectivity index (χ2v) is 9.79. The molecule has 0 saturated carbocycles. The minimum Gasteiger partial charge on any atom is -0.432 e. The Morgan fingerprint density at radius 1 is 1.21 bits per heavy atom. The summed E-state index contributed by atoms with van der Waals surface area (Å²) in [6.07, 6.45) is 14.7. The van der Waals surface area contributed by atoms with Gasteiger partial charge in [0, 0.05) is 18.4 Å². The Hall–Kier alpha value is -1.65. The minimum absolute atomic E-state index is 0.0253. The van der Waals surface area contributed by atoms with Gasteiger partial charge in [0.25, 0.3) is 0 Å². The number of rotatable bonds is 6. The van der Waals surface area contributed by atoms with Gasteiger partial charge in [-0.3, -0.25) is 0 Å². The quantitative estimate of drug-likeness (QED) is 0.237. The van der Waals surface area contributed by atoms with Crippen LogP contribution in [-0.4, -0.2) is 24.0 Å². The normalized spacial score (nSPS) is 35.7. The first kappa shape index (κ1) is 22.0. The van der Waals surface area contributed by atoms with E-state index < -0.39 is 5.79 Å². The highest BCUT2D eigenvalue weighted by molar-refractivity contribution is 5.83. The van der Waals surface area contributed by atoms with Crippen molar-refractivity contribution in [2.24, 2.45) is 11.3 Å². The van der Waals surface area contributed by atoms with Gasteiger partial charge in [-0.05, 0) is 77.4 Å². The Morgan fingerprint density at radius 3 is 2.66 bits per heavy atom. The molecule has 1 aliphatic carbocycles. The number of carbonyl (C=O) groups is 1. The Kier molecular flexibility index (Phi) is 6.26. The molecule has 4 atom stereocenters. The maximum Gasteiger partial charge on any atom is 0.335 e. The number of hydrogen-bond donors (Lipinski definition) is 0. The van der Waals surface area contributed by atoms with Crippen molar-refractivity contribution in [3.05, 3.63) is 47.3 Å². The second kappa shape index (κ2) is 8.23. The molecule has 4 heteroatoms. The smallest absolute Gasteiger partial charge is 0.335 e. The van der Waals surface area contributed by atoms with Crippen LogP contribution < -0.4 is 0 Å². The first-order valence-corrected chi connectivity index (χ1v) is 10.8. The van der Waals surface area contributed by atoms with Gasteiger partial charge in [0.1, 0.15) is 5.60 Å². The van der Waals surface area contributed by atoms with E-state index in [1.54, 1.807) is 6.26 Å². The Labute approximate surface area is 175 Å². The van der Waals surface area contributed by atoms with Gasteiger partial charge in [-0.15, -0.1) is 0 Å². The SMILES string of the molecule is CC(C)=CCCC1(C)CC=C2COC3(C)CCC2(O3)C1C=COC(=O)C=C(C)C. The van der Waals surface area contributed by atoms with E-state index in [0.717, 1.165) is 37.7 Å². The Morgan fingerprint density at radius 2 is 1.97 bits per heavy atom. The summed E-state index contributed by atoms with van der Waals surface area (Å²) in [5, 5.41) is 0. The van der Waals surface area contributed by atoms with Gasteiger partial charge >= 0.3 is 5.97 Å². The van der Waals surface area contributed by atoms with E-state index in [4.69, 9.17) is 14.2 Å². The lowest BCUT2D eigenvalue weighted by atomic mass is 9.58. The van der Waals surface area contributed by atoms with Gasteiger partial charge in [0.2, 0.25) is 0 Å². The Bertz CT molecular complexity index is 766. The van der Waals surface area contributed by atoms with E-state index in [9.17, 15) is 4.79 Å². The highest BCUT2D eigenvalue weighted by Gasteiger charge is 2.61. The zero-order valence-corrected chi connectivity index (χ0v) is 18.8. The Balaban J connectivity index is 1.90. The predicted molar refractivity (Wildman–Crippen MR) is 115 cm³/mol. The summed E-state index contributed by atoms with van der Waals surface area (Å²) in [7, 11) is 0. The van der Waals surface area contributed by atoms with Crippen LogP contribution in [0.3, 0.4) is 0 Å². The van der Waals surface area contributed by atoms with Gasteiger partial charge in [-0.2, -0.15) is 0 Å². The first-order valence-electron chi connectivity index (χ1n) is 10.8. The zero-order valence-electron chi connectivity index (χ0n) is 18.8. The van der Waals surface area contributed by atoms with E-state index in [2.05, 4.69) is 39.0 Å². The first-order chi connectivity index (χ1) is 13.6. The molecule has 160 valence electrons. The minimum atomic E-state index is -0.514. The fraction of sp³-hybridized carbons (Fsp3) is 0.640. The van der Waals surface area contributed by atoms with E-state index >= 15 is 0 Å². The third-order valence-corrected chi connectivity index (χ3v) is 6.62. The molecule has 3 rings (SSSR count).